The molecule has 0 heterocycles. The molecule has 0 amide bonds. The Bertz CT molecular complexity index is 351. The number of hydrogen-bond donors (Lipinski definition) is 0. The summed E-state index contributed by atoms with van der Waals surface area (Å²) in [4.78, 5) is 0. The molecule has 0 N–H and O–H groups in total. The SMILES string of the molecule is C1=CCC(c2ccc(C3CC=CC3)cc2)C1. The van der Waals surface area contributed by atoms with Gasteiger partial charge in [0, 0.05) is 0 Å². The normalized spacial score (nSPS) is 21.0. The van der Waals surface area contributed by atoms with Gasteiger partial charge in [0.2, 0.25) is 0 Å². The molecule has 0 aliphatic heterocycles. The monoisotopic (exact) mass is 210 g/mol. The van der Waals surface area contributed by atoms with Gasteiger partial charge in [-0.3, -0.25) is 0 Å². The third-order valence-corrected chi connectivity index (χ3v) is 3.90. The maximum absolute atomic E-state index is 2.34. The second-order valence-electron chi connectivity index (χ2n) is 4.95. The summed E-state index contributed by atoms with van der Waals surface area (Å²) < 4.78 is 0. The van der Waals surface area contributed by atoms with E-state index in [-0.39, 0.29) is 0 Å². The van der Waals surface area contributed by atoms with Crippen LogP contribution in [0.2, 0.25) is 0 Å². The quantitative estimate of drug-likeness (QED) is 0.628. The molecule has 0 atom stereocenters. The molecule has 0 unspecified atom stereocenters. The highest BCUT2D eigenvalue weighted by Gasteiger charge is 2.15. The average Bonchev–Trinajstić information content (AvgIpc) is 3.03. The van der Waals surface area contributed by atoms with Crippen molar-refractivity contribution in [2.75, 3.05) is 0 Å². The van der Waals surface area contributed by atoms with Crippen molar-refractivity contribution in [1.82, 2.24) is 0 Å². The molecular formula is C16H18. The lowest BCUT2D eigenvalue weighted by atomic mass is 9.92. The maximum atomic E-state index is 2.34. The Hall–Kier alpha value is -1.30. The van der Waals surface area contributed by atoms with Crippen LogP contribution < -0.4 is 0 Å². The zero-order valence-corrected chi connectivity index (χ0v) is 9.60. The first-order valence-corrected chi connectivity index (χ1v) is 6.33. The molecule has 0 saturated heterocycles. The molecule has 0 fully saturated rings. The van der Waals surface area contributed by atoms with Gasteiger partial charge >= 0.3 is 0 Å². The van der Waals surface area contributed by atoms with Crippen molar-refractivity contribution in [1.29, 1.82) is 0 Å². The van der Waals surface area contributed by atoms with Crippen LogP contribution in [0.15, 0.2) is 48.6 Å². The zero-order chi connectivity index (χ0) is 10.8. The van der Waals surface area contributed by atoms with Crippen LogP contribution in [0, 0.1) is 0 Å². The average molecular weight is 210 g/mol. The first-order valence-electron chi connectivity index (χ1n) is 6.33. The number of benzene rings is 1. The van der Waals surface area contributed by atoms with Gasteiger partial charge in [-0.25, -0.2) is 0 Å². The summed E-state index contributed by atoms with van der Waals surface area (Å²) >= 11 is 0. The molecule has 1 aromatic rings. The molecule has 2 aliphatic rings. The molecule has 0 heteroatoms. The van der Waals surface area contributed by atoms with Gasteiger partial charge in [0.25, 0.3) is 0 Å². The Morgan fingerprint density at radius 2 is 0.875 bits per heavy atom. The van der Waals surface area contributed by atoms with Crippen molar-refractivity contribution in [2.45, 2.75) is 37.5 Å². The van der Waals surface area contributed by atoms with E-state index in [2.05, 4.69) is 48.6 Å². The standard InChI is InChI=1S/C16H18/c1-2-6-13(5-1)15-9-11-16(12-10-15)14-7-3-4-8-14/h1-4,9-14H,5-8H2. The molecule has 2 aliphatic carbocycles. The van der Waals surface area contributed by atoms with Crippen LogP contribution in [0.1, 0.15) is 48.6 Å². The molecule has 3 rings (SSSR count). The summed E-state index contributed by atoms with van der Waals surface area (Å²) in [7, 11) is 0. The van der Waals surface area contributed by atoms with Gasteiger partial charge in [-0.2, -0.15) is 0 Å². The van der Waals surface area contributed by atoms with Gasteiger partial charge in [-0.15, -0.1) is 0 Å². The van der Waals surface area contributed by atoms with Gasteiger partial charge in [0.15, 0.2) is 0 Å². The largest absolute Gasteiger partial charge is 0.0879 e. The lowest BCUT2D eigenvalue weighted by Gasteiger charge is -2.13. The number of rotatable bonds is 2. The maximum Gasteiger partial charge on any atom is -0.00928 e. The minimum Gasteiger partial charge on any atom is -0.0879 e. The van der Waals surface area contributed by atoms with Crippen LogP contribution in [0.3, 0.4) is 0 Å². The van der Waals surface area contributed by atoms with Gasteiger partial charge in [-0.05, 0) is 48.6 Å². The summed E-state index contributed by atoms with van der Waals surface area (Å²) in [5.74, 6) is 1.49. The molecule has 0 aromatic heterocycles. The molecule has 0 nitrogen and oxygen atoms in total. The lowest BCUT2D eigenvalue weighted by Crippen LogP contribution is -1.96. The van der Waals surface area contributed by atoms with E-state index in [1.807, 2.05) is 0 Å². The molecule has 82 valence electrons. The Labute approximate surface area is 97.7 Å². The Kier molecular flexibility index (Phi) is 2.65. The van der Waals surface area contributed by atoms with Crippen molar-refractivity contribution in [3.05, 3.63) is 59.7 Å². The fraction of sp³-hybridized carbons (Fsp3) is 0.375. The molecule has 16 heavy (non-hydrogen) atoms. The van der Waals surface area contributed by atoms with E-state index < -0.39 is 0 Å². The van der Waals surface area contributed by atoms with E-state index in [1.165, 1.54) is 36.8 Å². The predicted octanol–water partition coefficient (Wildman–Crippen LogP) is 4.55. The fourth-order valence-electron chi connectivity index (χ4n) is 2.82. The second kappa shape index (κ2) is 4.29. The topological polar surface area (TPSA) is 0 Å². The van der Waals surface area contributed by atoms with Crippen LogP contribution in [0.5, 0.6) is 0 Å². The third-order valence-electron chi connectivity index (χ3n) is 3.90. The van der Waals surface area contributed by atoms with E-state index in [4.69, 9.17) is 0 Å². The highest BCUT2D eigenvalue weighted by atomic mass is 14.2. The summed E-state index contributed by atoms with van der Waals surface area (Å²) in [6, 6.07) is 9.35. The highest BCUT2D eigenvalue weighted by Crippen LogP contribution is 2.33. The van der Waals surface area contributed by atoms with Crippen LogP contribution >= 0.6 is 0 Å². The summed E-state index contributed by atoms with van der Waals surface area (Å²) in [6.45, 7) is 0. The lowest BCUT2D eigenvalue weighted by molar-refractivity contribution is 0.738. The van der Waals surface area contributed by atoms with Crippen LogP contribution in [-0.4, -0.2) is 0 Å². The summed E-state index contributed by atoms with van der Waals surface area (Å²) in [5.41, 5.74) is 3.03. The van der Waals surface area contributed by atoms with Gasteiger partial charge in [-0.1, -0.05) is 48.6 Å². The Morgan fingerprint density at radius 1 is 0.562 bits per heavy atom. The minimum atomic E-state index is 0.746. The molecule has 0 saturated carbocycles. The second-order valence-corrected chi connectivity index (χ2v) is 4.95. The van der Waals surface area contributed by atoms with Crippen LogP contribution in [0.25, 0.3) is 0 Å². The van der Waals surface area contributed by atoms with Gasteiger partial charge < -0.3 is 0 Å². The first kappa shape index (κ1) is 9.89. The van der Waals surface area contributed by atoms with Crippen molar-refractivity contribution < 1.29 is 0 Å². The summed E-state index contributed by atoms with van der Waals surface area (Å²) in [6.07, 6.45) is 14.1. The van der Waals surface area contributed by atoms with E-state index >= 15 is 0 Å². The van der Waals surface area contributed by atoms with Crippen LogP contribution in [-0.2, 0) is 0 Å². The van der Waals surface area contributed by atoms with Crippen LogP contribution in [0.4, 0.5) is 0 Å². The molecule has 0 bridgehead atoms. The zero-order valence-electron chi connectivity index (χ0n) is 9.60. The van der Waals surface area contributed by atoms with E-state index in [0.717, 1.165) is 11.8 Å². The third kappa shape index (κ3) is 1.84. The van der Waals surface area contributed by atoms with E-state index in [0.29, 0.717) is 0 Å². The minimum absolute atomic E-state index is 0.746. The first-order chi connectivity index (χ1) is 7.93. The van der Waals surface area contributed by atoms with Crippen molar-refractivity contribution >= 4 is 0 Å². The summed E-state index contributed by atoms with van der Waals surface area (Å²) in [5, 5.41) is 0. The highest BCUT2D eigenvalue weighted by molar-refractivity contribution is 5.31. The van der Waals surface area contributed by atoms with E-state index in [1.54, 1.807) is 0 Å². The van der Waals surface area contributed by atoms with Crippen molar-refractivity contribution in [3.63, 3.8) is 0 Å². The van der Waals surface area contributed by atoms with Gasteiger partial charge in [0.05, 0.1) is 0 Å². The smallest absolute Gasteiger partial charge is 0.00928 e. The molecule has 0 radical (unpaired) electrons. The fourth-order valence-corrected chi connectivity index (χ4v) is 2.82. The van der Waals surface area contributed by atoms with Crippen molar-refractivity contribution in [3.8, 4) is 0 Å². The molecule has 1 aromatic carbocycles. The Balaban J connectivity index is 1.74. The van der Waals surface area contributed by atoms with Gasteiger partial charge in [0.1, 0.15) is 0 Å². The van der Waals surface area contributed by atoms with E-state index in [9.17, 15) is 0 Å². The van der Waals surface area contributed by atoms with Crippen molar-refractivity contribution in [2.24, 2.45) is 0 Å². The molecule has 0 spiro atoms. The number of allylic oxidation sites excluding steroid dienone is 4. The molecular weight excluding hydrogens is 192 g/mol. The number of hydrogen-bond acceptors (Lipinski definition) is 0. The predicted molar refractivity (Wildman–Crippen MR) is 68.7 cm³/mol. The Morgan fingerprint density at radius 3 is 1.19 bits per heavy atom.